The van der Waals surface area contributed by atoms with Gasteiger partial charge in [0.2, 0.25) is 0 Å². The van der Waals surface area contributed by atoms with E-state index >= 15 is 0 Å². The first-order valence-corrected chi connectivity index (χ1v) is 5.01. The Hall–Kier alpha value is -1.36. The quantitative estimate of drug-likeness (QED) is 0.715. The molecule has 5 heteroatoms. The zero-order chi connectivity index (χ0) is 11.3. The van der Waals surface area contributed by atoms with Crippen LogP contribution in [0.15, 0.2) is 12.4 Å². The van der Waals surface area contributed by atoms with E-state index < -0.39 is 5.97 Å². The molecule has 0 radical (unpaired) electrons. The standard InChI is InChI=1S/C10H17N3O2/c1-8(7-10(14)15)11-4-3-9-12-5-6-13(9)2/h5-6,8,11H,3-4,7H2,1-2H3,(H,14,15). The van der Waals surface area contributed by atoms with Crippen molar-refractivity contribution in [1.29, 1.82) is 0 Å². The van der Waals surface area contributed by atoms with E-state index in [1.165, 1.54) is 0 Å². The van der Waals surface area contributed by atoms with Crippen molar-refractivity contribution in [3.05, 3.63) is 18.2 Å². The molecule has 1 rings (SSSR count). The van der Waals surface area contributed by atoms with Crippen molar-refractivity contribution < 1.29 is 9.90 Å². The largest absolute Gasteiger partial charge is 0.481 e. The van der Waals surface area contributed by atoms with Crippen molar-refractivity contribution >= 4 is 5.97 Å². The highest BCUT2D eigenvalue weighted by atomic mass is 16.4. The topological polar surface area (TPSA) is 67.2 Å². The van der Waals surface area contributed by atoms with Gasteiger partial charge in [0.25, 0.3) is 0 Å². The maximum Gasteiger partial charge on any atom is 0.304 e. The van der Waals surface area contributed by atoms with Gasteiger partial charge in [-0.2, -0.15) is 0 Å². The van der Waals surface area contributed by atoms with Crippen molar-refractivity contribution in [3.63, 3.8) is 0 Å². The minimum absolute atomic E-state index is 0.00256. The molecule has 0 aliphatic heterocycles. The fourth-order valence-electron chi connectivity index (χ4n) is 1.40. The lowest BCUT2D eigenvalue weighted by molar-refractivity contribution is -0.137. The zero-order valence-electron chi connectivity index (χ0n) is 9.10. The van der Waals surface area contributed by atoms with Crippen LogP contribution in [-0.2, 0) is 18.3 Å². The van der Waals surface area contributed by atoms with Crippen LogP contribution in [0.3, 0.4) is 0 Å². The highest BCUT2D eigenvalue weighted by Crippen LogP contribution is 1.95. The predicted octanol–water partition coefficient (Wildman–Crippen LogP) is 0.415. The number of aliphatic carboxylic acids is 1. The summed E-state index contributed by atoms with van der Waals surface area (Å²) < 4.78 is 1.96. The lowest BCUT2D eigenvalue weighted by atomic mass is 10.2. The Balaban J connectivity index is 2.22. The maximum atomic E-state index is 10.4. The van der Waals surface area contributed by atoms with Gasteiger partial charge in [0.15, 0.2) is 0 Å². The number of aromatic nitrogens is 2. The second-order valence-electron chi connectivity index (χ2n) is 3.66. The van der Waals surface area contributed by atoms with Crippen LogP contribution in [-0.4, -0.2) is 33.2 Å². The zero-order valence-corrected chi connectivity index (χ0v) is 9.10. The Morgan fingerprint density at radius 1 is 1.73 bits per heavy atom. The van der Waals surface area contributed by atoms with Gasteiger partial charge in [0, 0.05) is 38.4 Å². The first-order valence-electron chi connectivity index (χ1n) is 5.01. The second-order valence-corrected chi connectivity index (χ2v) is 3.66. The van der Waals surface area contributed by atoms with E-state index in [1.807, 2.05) is 24.7 Å². The summed E-state index contributed by atoms with van der Waals surface area (Å²) in [6.07, 6.45) is 4.63. The van der Waals surface area contributed by atoms with Crippen LogP contribution in [0.2, 0.25) is 0 Å². The van der Waals surface area contributed by atoms with Crippen LogP contribution < -0.4 is 5.32 Å². The molecule has 1 aromatic rings. The van der Waals surface area contributed by atoms with Gasteiger partial charge < -0.3 is 15.0 Å². The van der Waals surface area contributed by atoms with Crippen molar-refractivity contribution in [2.45, 2.75) is 25.8 Å². The highest BCUT2D eigenvalue weighted by molar-refractivity contribution is 5.67. The van der Waals surface area contributed by atoms with Crippen LogP contribution in [0.4, 0.5) is 0 Å². The third-order valence-corrected chi connectivity index (χ3v) is 2.24. The number of carbonyl (C=O) groups is 1. The smallest absolute Gasteiger partial charge is 0.304 e. The number of carboxylic acid groups (broad SMARTS) is 1. The van der Waals surface area contributed by atoms with Gasteiger partial charge in [-0.05, 0) is 6.92 Å². The number of hydrogen-bond donors (Lipinski definition) is 2. The van der Waals surface area contributed by atoms with Gasteiger partial charge >= 0.3 is 5.97 Å². The average molecular weight is 211 g/mol. The van der Waals surface area contributed by atoms with Crippen LogP contribution in [0.25, 0.3) is 0 Å². The van der Waals surface area contributed by atoms with Gasteiger partial charge in [-0.3, -0.25) is 4.79 Å². The molecular formula is C10H17N3O2. The molecule has 0 saturated carbocycles. The number of aryl methyl sites for hydroxylation is 1. The fourth-order valence-corrected chi connectivity index (χ4v) is 1.40. The molecule has 0 amide bonds. The molecule has 1 heterocycles. The Morgan fingerprint density at radius 3 is 3.00 bits per heavy atom. The molecule has 0 aromatic carbocycles. The normalized spacial score (nSPS) is 12.7. The van der Waals surface area contributed by atoms with Gasteiger partial charge in [-0.1, -0.05) is 0 Å². The van der Waals surface area contributed by atoms with Gasteiger partial charge in [0.1, 0.15) is 5.82 Å². The maximum absolute atomic E-state index is 10.4. The summed E-state index contributed by atoms with van der Waals surface area (Å²) in [5.74, 6) is 0.233. The second kappa shape index (κ2) is 5.50. The van der Waals surface area contributed by atoms with Gasteiger partial charge in [-0.15, -0.1) is 0 Å². The summed E-state index contributed by atoms with van der Waals surface area (Å²) in [5, 5.41) is 11.7. The molecule has 5 nitrogen and oxygen atoms in total. The van der Waals surface area contributed by atoms with Crippen molar-refractivity contribution in [1.82, 2.24) is 14.9 Å². The molecular weight excluding hydrogens is 194 g/mol. The number of hydrogen-bond acceptors (Lipinski definition) is 3. The van der Waals surface area contributed by atoms with E-state index in [4.69, 9.17) is 5.11 Å². The van der Waals surface area contributed by atoms with Crippen molar-refractivity contribution in [3.8, 4) is 0 Å². The minimum atomic E-state index is -0.771. The Labute approximate surface area is 89.1 Å². The van der Waals surface area contributed by atoms with E-state index in [0.717, 1.165) is 18.8 Å². The molecule has 0 saturated heterocycles. The van der Waals surface area contributed by atoms with Crippen molar-refractivity contribution in [2.24, 2.45) is 7.05 Å². The summed E-state index contributed by atoms with van der Waals surface area (Å²) in [7, 11) is 1.95. The van der Waals surface area contributed by atoms with Crippen LogP contribution >= 0.6 is 0 Å². The molecule has 15 heavy (non-hydrogen) atoms. The molecule has 2 N–H and O–H groups in total. The van der Waals surface area contributed by atoms with E-state index in [-0.39, 0.29) is 12.5 Å². The summed E-state index contributed by atoms with van der Waals surface area (Å²) in [6.45, 7) is 2.62. The summed E-state index contributed by atoms with van der Waals surface area (Å²) in [5.41, 5.74) is 0. The van der Waals surface area contributed by atoms with Gasteiger partial charge in [-0.25, -0.2) is 4.98 Å². The van der Waals surface area contributed by atoms with Crippen LogP contribution in [0.1, 0.15) is 19.2 Å². The van der Waals surface area contributed by atoms with Crippen LogP contribution in [0.5, 0.6) is 0 Å². The van der Waals surface area contributed by atoms with Crippen molar-refractivity contribution in [2.75, 3.05) is 6.54 Å². The first-order chi connectivity index (χ1) is 7.09. The number of imidazole rings is 1. The van der Waals surface area contributed by atoms with E-state index in [2.05, 4.69) is 10.3 Å². The van der Waals surface area contributed by atoms with Crippen LogP contribution in [0, 0.1) is 0 Å². The highest BCUT2D eigenvalue weighted by Gasteiger charge is 2.06. The summed E-state index contributed by atoms with van der Waals surface area (Å²) in [4.78, 5) is 14.6. The van der Waals surface area contributed by atoms with E-state index in [9.17, 15) is 4.79 Å². The molecule has 0 fully saturated rings. The number of carboxylic acids is 1. The molecule has 0 aliphatic carbocycles. The molecule has 0 bridgehead atoms. The first kappa shape index (κ1) is 11.7. The summed E-state index contributed by atoms with van der Waals surface area (Å²) in [6, 6.07) is 0.00256. The molecule has 1 unspecified atom stereocenters. The monoisotopic (exact) mass is 211 g/mol. The SMILES string of the molecule is CC(CC(=O)O)NCCc1nccn1C. The summed E-state index contributed by atoms with van der Waals surface area (Å²) >= 11 is 0. The number of nitrogens with zero attached hydrogens (tertiary/aromatic N) is 2. The molecule has 0 aliphatic rings. The minimum Gasteiger partial charge on any atom is -0.481 e. The van der Waals surface area contributed by atoms with E-state index in [1.54, 1.807) is 6.20 Å². The number of rotatable bonds is 6. The molecule has 0 spiro atoms. The molecule has 1 aromatic heterocycles. The number of nitrogens with one attached hydrogen (secondary N) is 1. The average Bonchev–Trinajstić information content (AvgIpc) is 2.50. The van der Waals surface area contributed by atoms with Gasteiger partial charge in [0.05, 0.1) is 6.42 Å². The lowest BCUT2D eigenvalue weighted by Gasteiger charge is -2.10. The molecule has 84 valence electrons. The fraction of sp³-hybridized carbons (Fsp3) is 0.600. The lowest BCUT2D eigenvalue weighted by Crippen LogP contribution is -2.30. The molecule has 1 atom stereocenters. The predicted molar refractivity (Wildman–Crippen MR) is 56.6 cm³/mol. The Bertz CT molecular complexity index is 322. The van der Waals surface area contributed by atoms with E-state index in [0.29, 0.717) is 0 Å². The Morgan fingerprint density at radius 2 is 2.47 bits per heavy atom. The third kappa shape index (κ3) is 4.12. The third-order valence-electron chi connectivity index (χ3n) is 2.24. The Kier molecular flexibility index (Phi) is 4.30.